The van der Waals surface area contributed by atoms with Crippen LogP contribution < -0.4 is 4.74 Å². The Morgan fingerprint density at radius 3 is 2.48 bits per heavy atom. The Bertz CT molecular complexity index is 517. The standard InChI is InChI=1S/C14H16BrF2NO3/c1-3-8-18(9-14(15,16)17)13(20)11-6-4-5-7-12(11)21-10(2)19/h4-7H,3,8-9H2,1-2H3. The van der Waals surface area contributed by atoms with Crippen LogP contribution in [0, 0.1) is 0 Å². The number of rotatable bonds is 6. The molecule has 0 aliphatic rings. The first-order valence-electron chi connectivity index (χ1n) is 6.38. The van der Waals surface area contributed by atoms with E-state index in [1.54, 1.807) is 19.1 Å². The van der Waals surface area contributed by atoms with Crippen LogP contribution in [0.15, 0.2) is 24.3 Å². The molecule has 1 aromatic carbocycles. The van der Waals surface area contributed by atoms with Gasteiger partial charge in [0.15, 0.2) is 0 Å². The zero-order valence-electron chi connectivity index (χ0n) is 11.7. The predicted molar refractivity (Wildman–Crippen MR) is 77.8 cm³/mol. The maximum atomic E-state index is 13.1. The number of hydrogen-bond donors (Lipinski definition) is 0. The van der Waals surface area contributed by atoms with Crippen molar-refractivity contribution in [3.63, 3.8) is 0 Å². The van der Waals surface area contributed by atoms with Gasteiger partial charge in [-0.3, -0.25) is 9.59 Å². The average Bonchev–Trinajstić information content (AvgIpc) is 2.36. The molecule has 4 nitrogen and oxygen atoms in total. The van der Waals surface area contributed by atoms with E-state index >= 15 is 0 Å². The van der Waals surface area contributed by atoms with Crippen molar-refractivity contribution in [2.24, 2.45) is 0 Å². The number of para-hydroxylation sites is 1. The van der Waals surface area contributed by atoms with Crippen molar-refractivity contribution < 1.29 is 23.1 Å². The number of hydrogen-bond acceptors (Lipinski definition) is 3. The molecule has 0 N–H and O–H groups in total. The lowest BCUT2D eigenvalue weighted by Crippen LogP contribution is -2.39. The van der Waals surface area contributed by atoms with Crippen LogP contribution >= 0.6 is 15.9 Å². The van der Waals surface area contributed by atoms with Crippen LogP contribution in [0.2, 0.25) is 0 Å². The van der Waals surface area contributed by atoms with Gasteiger partial charge in [-0.25, -0.2) is 0 Å². The van der Waals surface area contributed by atoms with Gasteiger partial charge in [-0.1, -0.05) is 19.1 Å². The van der Waals surface area contributed by atoms with Crippen molar-refractivity contribution in [1.29, 1.82) is 0 Å². The molecule has 0 bridgehead atoms. The molecule has 1 rings (SSSR count). The maximum Gasteiger partial charge on any atom is 0.318 e. The molecule has 0 saturated carbocycles. The second-order valence-electron chi connectivity index (χ2n) is 4.43. The van der Waals surface area contributed by atoms with Crippen molar-refractivity contribution >= 4 is 27.8 Å². The number of halogens is 3. The lowest BCUT2D eigenvalue weighted by atomic mass is 10.1. The smallest absolute Gasteiger partial charge is 0.318 e. The number of carbonyl (C=O) groups is 2. The third-order valence-corrected chi connectivity index (χ3v) is 2.77. The Morgan fingerprint density at radius 2 is 1.95 bits per heavy atom. The zero-order valence-corrected chi connectivity index (χ0v) is 13.3. The molecular weight excluding hydrogens is 348 g/mol. The van der Waals surface area contributed by atoms with Gasteiger partial charge in [0.05, 0.1) is 12.1 Å². The fourth-order valence-electron chi connectivity index (χ4n) is 1.80. The molecule has 1 aromatic rings. The van der Waals surface area contributed by atoms with Gasteiger partial charge < -0.3 is 9.64 Å². The van der Waals surface area contributed by atoms with Crippen molar-refractivity contribution in [2.45, 2.75) is 25.1 Å². The second kappa shape index (κ2) is 7.49. The van der Waals surface area contributed by atoms with E-state index in [1.165, 1.54) is 19.1 Å². The van der Waals surface area contributed by atoms with Gasteiger partial charge in [0.2, 0.25) is 0 Å². The largest absolute Gasteiger partial charge is 0.426 e. The molecule has 0 radical (unpaired) electrons. The Hall–Kier alpha value is -1.50. The first kappa shape index (κ1) is 17.6. The first-order chi connectivity index (χ1) is 9.74. The van der Waals surface area contributed by atoms with Crippen LogP contribution in [0.5, 0.6) is 5.75 Å². The minimum atomic E-state index is -3.17. The number of esters is 1. The van der Waals surface area contributed by atoms with Crippen LogP contribution in [-0.2, 0) is 4.79 Å². The van der Waals surface area contributed by atoms with Crippen molar-refractivity contribution in [1.82, 2.24) is 4.90 Å². The molecule has 0 aliphatic carbocycles. The minimum absolute atomic E-state index is 0.0639. The molecular formula is C14H16BrF2NO3. The van der Waals surface area contributed by atoms with E-state index in [9.17, 15) is 18.4 Å². The lowest BCUT2D eigenvalue weighted by molar-refractivity contribution is -0.131. The zero-order chi connectivity index (χ0) is 16.0. The van der Waals surface area contributed by atoms with Crippen molar-refractivity contribution in [3.8, 4) is 5.75 Å². The number of nitrogens with zero attached hydrogens (tertiary/aromatic N) is 1. The summed E-state index contributed by atoms with van der Waals surface area (Å²) in [5.41, 5.74) is 0.0814. The lowest BCUT2D eigenvalue weighted by Gasteiger charge is -2.25. The number of ether oxygens (including phenoxy) is 1. The van der Waals surface area contributed by atoms with Gasteiger partial charge in [-0.2, -0.15) is 8.78 Å². The fraction of sp³-hybridized carbons (Fsp3) is 0.429. The Labute approximate surface area is 130 Å². The van der Waals surface area contributed by atoms with Crippen LogP contribution in [0.3, 0.4) is 0 Å². The molecule has 0 saturated heterocycles. The highest BCUT2D eigenvalue weighted by molar-refractivity contribution is 9.10. The monoisotopic (exact) mass is 363 g/mol. The molecule has 0 unspecified atom stereocenters. The quantitative estimate of drug-likeness (QED) is 0.441. The SMILES string of the molecule is CCCN(CC(F)(F)Br)C(=O)c1ccccc1OC(C)=O. The minimum Gasteiger partial charge on any atom is -0.426 e. The molecule has 116 valence electrons. The summed E-state index contributed by atoms with van der Waals surface area (Å²) in [5, 5.41) is 0. The highest BCUT2D eigenvalue weighted by Gasteiger charge is 2.31. The molecule has 0 spiro atoms. The Morgan fingerprint density at radius 1 is 1.33 bits per heavy atom. The van der Waals surface area contributed by atoms with Gasteiger partial charge >= 0.3 is 10.8 Å². The van der Waals surface area contributed by atoms with Gasteiger partial charge in [0, 0.05) is 13.5 Å². The third-order valence-electron chi connectivity index (χ3n) is 2.52. The highest BCUT2D eigenvalue weighted by Crippen LogP contribution is 2.26. The fourth-order valence-corrected chi connectivity index (χ4v) is 2.10. The summed E-state index contributed by atoms with van der Waals surface area (Å²) in [6, 6.07) is 6.07. The molecule has 7 heteroatoms. The summed E-state index contributed by atoms with van der Waals surface area (Å²) in [5.74, 6) is -1.12. The van der Waals surface area contributed by atoms with E-state index in [4.69, 9.17) is 4.74 Å². The summed E-state index contributed by atoms with van der Waals surface area (Å²) >= 11 is 2.24. The van der Waals surface area contributed by atoms with Gasteiger partial charge in [-0.15, -0.1) is 0 Å². The number of carbonyl (C=O) groups excluding carboxylic acids is 2. The molecule has 0 heterocycles. The van der Waals surface area contributed by atoms with Crippen LogP contribution in [-0.4, -0.2) is 34.7 Å². The normalized spacial score (nSPS) is 11.1. The molecule has 0 atom stereocenters. The van der Waals surface area contributed by atoms with Crippen LogP contribution in [0.25, 0.3) is 0 Å². The van der Waals surface area contributed by atoms with E-state index in [0.29, 0.717) is 6.42 Å². The number of amides is 1. The summed E-state index contributed by atoms with van der Waals surface area (Å²) in [4.78, 5) is 21.3. The summed E-state index contributed by atoms with van der Waals surface area (Å²) in [6.45, 7) is 2.41. The predicted octanol–water partition coefficient (Wildman–Crippen LogP) is 3.45. The summed E-state index contributed by atoms with van der Waals surface area (Å²) < 4.78 is 31.2. The van der Waals surface area contributed by atoms with E-state index in [1.807, 2.05) is 0 Å². The van der Waals surface area contributed by atoms with E-state index in [0.717, 1.165) is 4.90 Å². The highest BCUT2D eigenvalue weighted by atomic mass is 79.9. The molecule has 0 aliphatic heterocycles. The first-order valence-corrected chi connectivity index (χ1v) is 7.17. The number of alkyl halides is 3. The summed E-state index contributed by atoms with van der Waals surface area (Å²) in [7, 11) is 0. The van der Waals surface area contributed by atoms with Crippen LogP contribution in [0.1, 0.15) is 30.6 Å². The van der Waals surface area contributed by atoms with Crippen molar-refractivity contribution in [3.05, 3.63) is 29.8 Å². The van der Waals surface area contributed by atoms with Gasteiger partial charge in [0.1, 0.15) is 5.75 Å². The van der Waals surface area contributed by atoms with E-state index in [-0.39, 0.29) is 17.9 Å². The second-order valence-corrected chi connectivity index (χ2v) is 5.59. The molecule has 0 fully saturated rings. The summed E-state index contributed by atoms with van der Waals surface area (Å²) in [6.07, 6.45) is 0.532. The van der Waals surface area contributed by atoms with Gasteiger partial charge in [-0.05, 0) is 34.5 Å². The van der Waals surface area contributed by atoms with E-state index < -0.39 is 23.3 Å². The third kappa shape index (κ3) is 5.79. The van der Waals surface area contributed by atoms with Crippen molar-refractivity contribution in [2.75, 3.05) is 13.1 Å². The maximum absolute atomic E-state index is 13.1. The Balaban J connectivity index is 3.06. The van der Waals surface area contributed by atoms with Crippen LogP contribution in [0.4, 0.5) is 8.78 Å². The molecule has 21 heavy (non-hydrogen) atoms. The topological polar surface area (TPSA) is 46.6 Å². The van der Waals surface area contributed by atoms with Gasteiger partial charge in [0.25, 0.3) is 5.91 Å². The average molecular weight is 364 g/mol. The number of benzene rings is 1. The molecule has 1 amide bonds. The molecule has 0 aromatic heterocycles. The van der Waals surface area contributed by atoms with E-state index in [2.05, 4.69) is 15.9 Å². The Kier molecular flexibility index (Phi) is 6.26.